The Labute approximate surface area is 277 Å². The van der Waals surface area contributed by atoms with Crippen LogP contribution in [0.2, 0.25) is 0 Å². The summed E-state index contributed by atoms with van der Waals surface area (Å²) in [4.78, 5) is 0. The maximum Gasteiger partial charge on any atom is -0.172 e. The second-order valence-electron chi connectivity index (χ2n) is 12.4. The zero-order chi connectivity index (χ0) is 29.9. The number of benzene rings is 3. The van der Waals surface area contributed by atoms with Crippen LogP contribution in [0.1, 0.15) is 86.1 Å². The van der Waals surface area contributed by atoms with Crippen LogP contribution in [0.4, 0.5) is 13.2 Å². The third kappa shape index (κ3) is 9.83. The number of fused-ring (bicyclic) bond motifs is 3. The van der Waals surface area contributed by atoms with Crippen molar-refractivity contribution in [3.63, 3.8) is 0 Å². The van der Waals surface area contributed by atoms with Crippen LogP contribution in [0.5, 0.6) is 0 Å². The molecule has 0 bridgehead atoms. The van der Waals surface area contributed by atoms with Gasteiger partial charge in [0.2, 0.25) is 0 Å². The number of rotatable bonds is 1. The van der Waals surface area contributed by atoms with Gasteiger partial charge in [-0.25, -0.2) is 12.1 Å². The van der Waals surface area contributed by atoms with Gasteiger partial charge < -0.3 is 24.8 Å². The zero-order valence-corrected chi connectivity index (χ0v) is 29.6. The van der Waals surface area contributed by atoms with E-state index in [9.17, 15) is 13.2 Å². The summed E-state index contributed by atoms with van der Waals surface area (Å²) in [5, 5.41) is 0. The minimum absolute atomic E-state index is 0. The van der Waals surface area contributed by atoms with Crippen molar-refractivity contribution >= 4 is 3.71 Å². The van der Waals surface area contributed by atoms with Gasteiger partial charge in [-0.1, -0.05) is 71.6 Å². The third-order valence-electron chi connectivity index (χ3n) is 7.04. The summed E-state index contributed by atoms with van der Waals surface area (Å²) >= 11 is 1.18. The van der Waals surface area contributed by atoms with E-state index in [2.05, 4.69) is 79.7 Å². The molecule has 5 rings (SSSR count). The zero-order valence-electron chi connectivity index (χ0n) is 25.6. The molecule has 4 aromatic carbocycles. The van der Waals surface area contributed by atoms with Gasteiger partial charge in [0.15, 0.2) is 0 Å². The quantitative estimate of drug-likeness (QED) is 0.233. The van der Waals surface area contributed by atoms with Gasteiger partial charge in [0.25, 0.3) is 0 Å². The molecular formula is C36H39Cl2F3Zr-2. The standard InChI is InChI=1S/C23H29.C8H5F3.C5H5.2ClH.Zr/c1-14-9-16-11-17-10-15(2)21(23(6,7)8)13-19(17)18(16)12-20(14)22(3,4)5;1-6-2-4-7(5-3-6)8(9,10)11;1-2-4-5-3-1;;;/h9,12-13H,11H2,1-8H3;1-5H;1-5H;2*1H;/q-1;;-1;;;+2/p-2. The molecule has 0 atom stereocenters. The smallest absolute Gasteiger partial charge is 0.172 e. The van der Waals surface area contributed by atoms with E-state index in [1.165, 1.54) is 80.9 Å². The summed E-state index contributed by atoms with van der Waals surface area (Å²) in [6.07, 6.45) is -3.19. The molecule has 0 aliphatic heterocycles. The fourth-order valence-corrected chi connectivity index (χ4v) is 5.58. The molecule has 0 radical (unpaired) electrons. The summed E-state index contributed by atoms with van der Waals surface area (Å²) in [7, 11) is 0. The van der Waals surface area contributed by atoms with Crippen LogP contribution in [-0.2, 0) is 47.7 Å². The monoisotopic (exact) mass is 688 g/mol. The molecule has 4 aromatic rings. The Balaban J connectivity index is 0.000000389. The molecule has 0 saturated heterocycles. The molecule has 6 heteroatoms. The molecule has 1 aliphatic carbocycles. The van der Waals surface area contributed by atoms with Gasteiger partial charge in [0, 0.05) is 0 Å². The van der Waals surface area contributed by atoms with Crippen LogP contribution < -0.4 is 24.8 Å². The van der Waals surface area contributed by atoms with Gasteiger partial charge in [-0.15, -0.1) is 16.7 Å². The van der Waals surface area contributed by atoms with Crippen molar-refractivity contribution < 1.29 is 62.2 Å². The maximum atomic E-state index is 12.0. The van der Waals surface area contributed by atoms with Crippen LogP contribution >= 0.6 is 0 Å². The Morgan fingerprint density at radius 2 is 1.31 bits per heavy atom. The molecule has 0 heterocycles. The second kappa shape index (κ2) is 15.2. The first kappa shape index (κ1) is 38.2. The first-order valence-corrected chi connectivity index (χ1v) is 15.0. The molecule has 0 nitrogen and oxygen atoms in total. The van der Waals surface area contributed by atoms with Crippen molar-refractivity contribution in [3.05, 3.63) is 123 Å². The van der Waals surface area contributed by atoms with E-state index >= 15 is 0 Å². The second-order valence-corrected chi connectivity index (χ2v) is 13.1. The molecule has 224 valence electrons. The van der Waals surface area contributed by atoms with Gasteiger partial charge in [-0.05, 0) is 35.4 Å². The third-order valence-corrected chi connectivity index (χ3v) is 7.86. The first-order valence-electron chi connectivity index (χ1n) is 13.6. The van der Waals surface area contributed by atoms with E-state index in [1.54, 1.807) is 0 Å². The number of hydrogen-bond acceptors (Lipinski definition) is 0. The number of hydrogen-bond donors (Lipinski definition) is 0. The molecule has 0 fully saturated rings. The van der Waals surface area contributed by atoms with Gasteiger partial charge >= 0.3 is 82.7 Å². The Hall–Kier alpha value is -1.87. The van der Waals surface area contributed by atoms with Crippen molar-refractivity contribution in [2.45, 2.75) is 78.8 Å². The van der Waals surface area contributed by atoms with Gasteiger partial charge in [0.05, 0.1) is 0 Å². The Morgan fingerprint density at radius 3 is 1.74 bits per heavy atom. The van der Waals surface area contributed by atoms with Crippen LogP contribution in [0, 0.1) is 19.9 Å². The van der Waals surface area contributed by atoms with Gasteiger partial charge in [-0.2, -0.15) is 35.9 Å². The SMILES string of the molecule is Cc1[c-]c2c(cc1C(C)(C)C)-c1cc(C(C)(C)C)c(C)cc1C2.FC(F)(F)c1ccc([CH]=[Zr+2])cc1.[Cl-].[Cl-].c1cc[cH-]c1. The molecule has 42 heavy (non-hydrogen) atoms. The van der Waals surface area contributed by atoms with Crippen molar-refractivity contribution in [1.82, 2.24) is 0 Å². The Bertz CT molecular complexity index is 1350. The van der Waals surface area contributed by atoms with E-state index in [0.29, 0.717) is 0 Å². The molecule has 0 unspecified atom stereocenters. The van der Waals surface area contributed by atoms with E-state index in [1.807, 2.05) is 34.0 Å². The predicted octanol–water partition coefficient (Wildman–Crippen LogP) is 4.09. The normalized spacial score (nSPS) is 11.8. The Kier molecular flexibility index (Phi) is 13.8. The number of halogens is 5. The van der Waals surface area contributed by atoms with E-state index in [-0.39, 0.29) is 35.6 Å². The largest absolute Gasteiger partial charge is 1.00 e. The summed E-state index contributed by atoms with van der Waals surface area (Å²) in [5.41, 5.74) is 11.9. The van der Waals surface area contributed by atoms with E-state index < -0.39 is 11.7 Å². The fourth-order valence-electron chi connectivity index (χ4n) is 5.11. The predicted molar refractivity (Wildman–Crippen MR) is 159 cm³/mol. The van der Waals surface area contributed by atoms with E-state index in [0.717, 1.165) is 24.1 Å². The maximum absolute atomic E-state index is 12.0. The fraction of sp³-hybridized carbons (Fsp3) is 0.333. The average molecular weight is 691 g/mol. The minimum Gasteiger partial charge on any atom is -1.00 e. The van der Waals surface area contributed by atoms with Gasteiger partial charge in [0.1, 0.15) is 0 Å². The van der Waals surface area contributed by atoms with E-state index in [4.69, 9.17) is 0 Å². The van der Waals surface area contributed by atoms with Crippen LogP contribution in [-0.4, -0.2) is 3.71 Å². The Morgan fingerprint density at radius 1 is 0.786 bits per heavy atom. The van der Waals surface area contributed by atoms with Crippen molar-refractivity contribution in [1.29, 1.82) is 0 Å². The molecular weight excluding hydrogens is 652 g/mol. The van der Waals surface area contributed by atoms with Gasteiger partial charge in [-0.3, -0.25) is 0 Å². The molecule has 0 aromatic heterocycles. The van der Waals surface area contributed by atoms with Crippen LogP contribution in [0.15, 0.2) is 72.8 Å². The summed E-state index contributed by atoms with van der Waals surface area (Å²) in [5.74, 6) is 0. The van der Waals surface area contributed by atoms with Crippen LogP contribution in [0.3, 0.4) is 0 Å². The molecule has 0 saturated carbocycles. The van der Waals surface area contributed by atoms with Crippen molar-refractivity contribution in [3.8, 4) is 11.1 Å². The van der Waals surface area contributed by atoms with Crippen molar-refractivity contribution in [2.24, 2.45) is 0 Å². The van der Waals surface area contributed by atoms with Crippen molar-refractivity contribution in [2.75, 3.05) is 0 Å². The molecule has 1 aliphatic rings. The topological polar surface area (TPSA) is 0 Å². The minimum atomic E-state index is -4.22. The average Bonchev–Trinajstić information content (AvgIpc) is 3.53. The summed E-state index contributed by atoms with van der Waals surface area (Å²) in [6, 6.07) is 26.1. The van der Waals surface area contributed by atoms with Crippen LogP contribution in [0.25, 0.3) is 11.1 Å². The summed E-state index contributed by atoms with van der Waals surface area (Å²) < 4.78 is 37.9. The molecule has 0 amide bonds. The number of aryl methyl sites for hydroxylation is 2. The summed E-state index contributed by atoms with van der Waals surface area (Å²) in [6.45, 7) is 18.2. The molecule has 0 spiro atoms. The first-order chi connectivity index (χ1) is 18.5. The molecule has 0 N–H and O–H groups in total. The number of alkyl halides is 3.